The lowest BCUT2D eigenvalue weighted by molar-refractivity contribution is -0.385. The van der Waals surface area contributed by atoms with Crippen molar-refractivity contribution in [1.29, 1.82) is 0 Å². The third-order valence-corrected chi connectivity index (χ3v) is 4.35. The van der Waals surface area contributed by atoms with E-state index in [0.717, 1.165) is 10.8 Å². The number of fused-ring (bicyclic) bond motifs is 1. The lowest BCUT2D eigenvalue weighted by atomic mass is 10.1. The number of nitro benzene ring substituents is 2. The quantitative estimate of drug-likeness (QED) is 0.279. The third-order valence-electron chi connectivity index (χ3n) is 4.35. The highest BCUT2D eigenvalue weighted by Gasteiger charge is 2.08. The molecule has 0 heterocycles. The van der Waals surface area contributed by atoms with Crippen molar-refractivity contribution in [3.05, 3.63) is 105 Å². The molecule has 0 bridgehead atoms. The SMILES string of the molecule is O=[N+]([O-])c1ccc(Oc2ccc3ccc(Oc4ccc([N+](=O)[O-])cc4)cc3c2)cc1. The highest BCUT2D eigenvalue weighted by Crippen LogP contribution is 2.31. The normalized spacial score (nSPS) is 10.5. The average Bonchev–Trinajstić information content (AvgIpc) is 2.74. The molecule has 4 aromatic rings. The Morgan fingerprint density at radius 2 is 0.867 bits per heavy atom. The molecule has 30 heavy (non-hydrogen) atoms. The van der Waals surface area contributed by atoms with Crippen LogP contribution in [0.15, 0.2) is 84.9 Å². The van der Waals surface area contributed by atoms with Crippen LogP contribution in [0.5, 0.6) is 23.0 Å². The molecule has 0 fully saturated rings. The Labute approximate surface area is 170 Å². The molecular weight excluding hydrogens is 388 g/mol. The maximum Gasteiger partial charge on any atom is 0.269 e. The van der Waals surface area contributed by atoms with Crippen LogP contribution in [-0.2, 0) is 0 Å². The second kappa shape index (κ2) is 7.88. The van der Waals surface area contributed by atoms with E-state index >= 15 is 0 Å². The van der Waals surface area contributed by atoms with Gasteiger partial charge in [0.2, 0.25) is 0 Å². The summed E-state index contributed by atoms with van der Waals surface area (Å²) < 4.78 is 11.6. The zero-order valence-corrected chi connectivity index (χ0v) is 15.4. The number of hydrogen-bond acceptors (Lipinski definition) is 6. The summed E-state index contributed by atoms with van der Waals surface area (Å²) in [6.45, 7) is 0. The zero-order valence-electron chi connectivity index (χ0n) is 15.4. The molecule has 0 aliphatic heterocycles. The van der Waals surface area contributed by atoms with Crippen molar-refractivity contribution in [2.24, 2.45) is 0 Å². The summed E-state index contributed by atoms with van der Waals surface area (Å²) >= 11 is 0. The standard InChI is InChI=1S/C22H14N2O6/c25-23(26)17-3-9-19(10-4-17)29-21-7-1-15-2-8-22(14-16(15)13-21)30-20-11-5-18(6-12-20)24(27)28/h1-14H. The van der Waals surface area contributed by atoms with Gasteiger partial charge in [-0.2, -0.15) is 0 Å². The summed E-state index contributed by atoms with van der Waals surface area (Å²) in [5, 5.41) is 23.3. The average molecular weight is 402 g/mol. The van der Waals surface area contributed by atoms with Crippen LogP contribution >= 0.6 is 0 Å². The number of rotatable bonds is 6. The van der Waals surface area contributed by atoms with E-state index in [4.69, 9.17) is 9.47 Å². The van der Waals surface area contributed by atoms with Gasteiger partial charge in [-0.3, -0.25) is 20.2 Å². The lowest BCUT2D eigenvalue weighted by Crippen LogP contribution is -1.89. The van der Waals surface area contributed by atoms with Crippen molar-refractivity contribution in [2.45, 2.75) is 0 Å². The Kier molecular flexibility index (Phi) is 4.96. The maximum absolute atomic E-state index is 10.7. The molecule has 0 saturated heterocycles. The number of hydrogen-bond donors (Lipinski definition) is 0. The summed E-state index contributed by atoms with van der Waals surface area (Å²) in [5.74, 6) is 2.11. The first-order chi connectivity index (χ1) is 14.5. The van der Waals surface area contributed by atoms with Gasteiger partial charge in [-0.15, -0.1) is 0 Å². The Bertz CT molecular complexity index is 1140. The number of nitrogens with zero attached hydrogens (tertiary/aromatic N) is 2. The fraction of sp³-hybridized carbons (Fsp3) is 0. The molecule has 4 rings (SSSR count). The minimum atomic E-state index is -0.466. The molecule has 0 aliphatic carbocycles. The molecular formula is C22H14N2O6. The molecule has 0 atom stereocenters. The maximum atomic E-state index is 10.7. The Balaban J connectivity index is 1.54. The van der Waals surface area contributed by atoms with Gasteiger partial charge in [-0.1, -0.05) is 12.1 Å². The highest BCUT2D eigenvalue weighted by molar-refractivity contribution is 5.85. The van der Waals surface area contributed by atoms with Crippen LogP contribution in [0.2, 0.25) is 0 Å². The molecule has 0 saturated carbocycles. The molecule has 4 aromatic carbocycles. The first-order valence-corrected chi connectivity index (χ1v) is 8.86. The van der Waals surface area contributed by atoms with Crippen LogP contribution in [-0.4, -0.2) is 9.85 Å². The van der Waals surface area contributed by atoms with E-state index in [1.807, 2.05) is 24.3 Å². The van der Waals surface area contributed by atoms with Gasteiger partial charge < -0.3 is 9.47 Å². The minimum Gasteiger partial charge on any atom is -0.457 e. The van der Waals surface area contributed by atoms with Gasteiger partial charge in [0, 0.05) is 24.3 Å². The number of ether oxygens (including phenoxy) is 2. The molecule has 0 aromatic heterocycles. The Morgan fingerprint density at radius 1 is 0.500 bits per heavy atom. The zero-order chi connectivity index (χ0) is 21.1. The molecule has 8 nitrogen and oxygen atoms in total. The van der Waals surface area contributed by atoms with Gasteiger partial charge >= 0.3 is 0 Å². The Morgan fingerprint density at radius 3 is 1.23 bits per heavy atom. The second-order valence-electron chi connectivity index (χ2n) is 6.38. The van der Waals surface area contributed by atoms with Crippen LogP contribution in [0.4, 0.5) is 11.4 Å². The predicted octanol–water partition coefficient (Wildman–Crippen LogP) is 6.24. The molecule has 148 valence electrons. The van der Waals surface area contributed by atoms with E-state index < -0.39 is 9.85 Å². The van der Waals surface area contributed by atoms with Crippen LogP contribution in [0.1, 0.15) is 0 Å². The number of nitro groups is 2. The van der Waals surface area contributed by atoms with Gasteiger partial charge in [0.15, 0.2) is 0 Å². The molecule has 0 N–H and O–H groups in total. The summed E-state index contributed by atoms with van der Waals surface area (Å²) in [5.41, 5.74) is -0.0113. The fourth-order valence-corrected chi connectivity index (χ4v) is 2.87. The fourth-order valence-electron chi connectivity index (χ4n) is 2.87. The van der Waals surface area contributed by atoms with Crippen LogP contribution in [0, 0.1) is 20.2 Å². The predicted molar refractivity (Wildman–Crippen MR) is 110 cm³/mol. The van der Waals surface area contributed by atoms with Crippen LogP contribution < -0.4 is 9.47 Å². The summed E-state index contributed by atoms with van der Waals surface area (Å²) in [4.78, 5) is 20.6. The van der Waals surface area contributed by atoms with E-state index in [1.165, 1.54) is 48.5 Å². The van der Waals surface area contributed by atoms with Gasteiger partial charge in [0.25, 0.3) is 11.4 Å². The summed E-state index contributed by atoms with van der Waals surface area (Å²) in [7, 11) is 0. The van der Waals surface area contributed by atoms with Crippen molar-refractivity contribution in [2.75, 3.05) is 0 Å². The van der Waals surface area contributed by atoms with E-state index in [0.29, 0.717) is 23.0 Å². The van der Waals surface area contributed by atoms with Gasteiger partial charge in [0.1, 0.15) is 23.0 Å². The van der Waals surface area contributed by atoms with Crippen molar-refractivity contribution in [3.63, 3.8) is 0 Å². The molecule has 0 radical (unpaired) electrons. The van der Waals surface area contributed by atoms with E-state index in [-0.39, 0.29) is 11.4 Å². The van der Waals surface area contributed by atoms with Gasteiger partial charge in [-0.05, 0) is 59.3 Å². The van der Waals surface area contributed by atoms with Crippen molar-refractivity contribution in [3.8, 4) is 23.0 Å². The molecule has 8 heteroatoms. The molecule has 0 aliphatic rings. The van der Waals surface area contributed by atoms with E-state index in [1.54, 1.807) is 12.1 Å². The van der Waals surface area contributed by atoms with E-state index in [9.17, 15) is 20.2 Å². The van der Waals surface area contributed by atoms with Crippen molar-refractivity contribution >= 4 is 22.1 Å². The lowest BCUT2D eigenvalue weighted by Gasteiger charge is -2.09. The number of non-ortho nitro benzene ring substituents is 2. The smallest absolute Gasteiger partial charge is 0.269 e. The van der Waals surface area contributed by atoms with Crippen LogP contribution in [0.25, 0.3) is 10.8 Å². The monoisotopic (exact) mass is 402 g/mol. The second-order valence-corrected chi connectivity index (χ2v) is 6.38. The van der Waals surface area contributed by atoms with Crippen molar-refractivity contribution < 1.29 is 19.3 Å². The molecule has 0 unspecified atom stereocenters. The molecule has 0 spiro atoms. The highest BCUT2D eigenvalue weighted by atomic mass is 16.6. The van der Waals surface area contributed by atoms with Crippen LogP contribution in [0.3, 0.4) is 0 Å². The van der Waals surface area contributed by atoms with Gasteiger partial charge in [-0.25, -0.2) is 0 Å². The third kappa shape index (κ3) is 4.17. The van der Waals surface area contributed by atoms with E-state index in [2.05, 4.69) is 0 Å². The first-order valence-electron chi connectivity index (χ1n) is 8.86. The minimum absolute atomic E-state index is 0.00565. The Hall–Kier alpha value is -4.46. The van der Waals surface area contributed by atoms with Gasteiger partial charge in [0.05, 0.1) is 9.85 Å². The largest absolute Gasteiger partial charge is 0.457 e. The van der Waals surface area contributed by atoms with Crippen molar-refractivity contribution in [1.82, 2.24) is 0 Å². The first kappa shape index (κ1) is 18.9. The number of benzene rings is 4. The summed E-state index contributed by atoms with van der Waals surface area (Å²) in [6, 6.07) is 22.7. The molecule has 0 amide bonds. The topological polar surface area (TPSA) is 105 Å². The summed E-state index contributed by atoms with van der Waals surface area (Å²) in [6.07, 6.45) is 0.